The van der Waals surface area contributed by atoms with E-state index in [2.05, 4.69) is 27.6 Å². The number of hydrogen-bond donors (Lipinski definition) is 3. The van der Waals surface area contributed by atoms with E-state index in [1.54, 1.807) is 30.3 Å². The van der Waals surface area contributed by atoms with Crippen molar-refractivity contribution in [2.24, 2.45) is 0 Å². The Balaban J connectivity index is 1.64. The average molecular weight is 493 g/mol. The summed E-state index contributed by atoms with van der Waals surface area (Å²) in [6.45, 7) is 6.57. The molecule has 190 valence electrons. The standard InChI is InChI=1S/C25H32F4N6/c1-16(25(27,28)29)24-19-7-4-8-22(33-23-9-11-34(2)15-21(23)26)20(19)12-17(32-24)6-5-10-30-18-13-31-35(3)14-18/h4-8,12,18,21,23,30-31,33H,1,9-11,13-15H2,2-3H3/b6-5+/t18?,21-,23+/m0/s1. The third-order valence-corrected chi connectivity index (χ3v) is 6.52. The lowest BCUT2D eigenvalue weighted by Gasteiger charge is -2.33. The van der Waals surface area contributed by atoms with E-state index in [0.717, 1.165) is 19.6 Å². The first kappa shape index (κ1) is 25.6. The minimum atomic E-state index is -4.62. The van der Waals surface area contributed by atoms with E-state index >= 15 is 0 Å². The van der Waals surface area contributed by atoms with Crippen LogP contribution in [0.4, 0.5) is 23.2 Å². The van der Waals surface area contributed by atoms with E-state index in [1.165, 1.54) is 0 Å². The third kappa shape index (κ3) is 6.19. The third-order valence-electron chi connectivity index (χ3n) is 6.52. The smallest absolute Gasteiger partial charge is 0.379 e. The summed E-state index contributed by atoms with van der Waals surface area (Å²) in [4.78, 5) is 6.23. The van der Waals surface area contributed by atoms with Gasteiger partial charge in [0.25, 0.3) is 0 Å². The quantitative estimate of drug-likeness (QED) is 0.513. The van der Waals surface area contributed by atoms with Crippen LogP contribution >= 0.6 is 0 Å². The number of likely N-dealkylation sites (tertiary alicyclic amines) is 1. The van der Waals surface area contributed by atoms with Gasteiger partial charge in [-0.25, -0.2) is 14.4 Å². The number of hydrogen-bond acceptors (Lipinski definition) is 6. The Morgan fingerprint density at radius 1 is 1.26 bits per heavy atom. The van der Waals surface area contributed by atoms with Gasteiger partial charge in [0, 0.05) is 62.3 Å². The van der Waals surface area contributed by atoms with Gasteiger partial charge >= 0.3 is 6.18 Å². The molecule has 0 radical (unpaired) electrons. The highest BCUT2D eigenvalue weighted by Crippen LogP contribution is 2.37. The number of halogens is 4. The van der Waals surface area contributed by atoms with E-state index in [9.17, 15) is 17.6 Å². The molecule has 3 atom stereocenters. The molecule has 3 N–H and O–H groups in total. The number of anilines is 1. The highest BCUT2D eigenvalue weighted by molar-refractivity contribution is 6.00. The molecule has 4 rings (SSSR count). The first-order valence-electron chi connectivity index (χ1n) is 11.8. The molecule has 0 amide bonds. The lowest BCUT2D eigenvalue weighted by atomic mass is 9.99. The Bertz CT molecular complexity index is 1090. The second-order valence-electron chi connectivity index (χ2n) is 9.34. The van der Waals surface area contributed by atoms with Crippen LogP contribution in [0.2, 0.25) is 0 Å². The van der Waals surface area contributed by atoms with Gasteiger partial charge in [-0.3, -0.25) is 5.43 Å². The molecule has 2 aliphatic heterocycles. The molecule has 0 bridgehead atoms. The number of aromatic nitrogens is 1. The van der Waals surface area contributed by atoms with Crippen molar-refractivity contribution in [3.05, 3.63) is 48.3 Å². The lowest BCUT2D eigenvalue weighted by Crippen LogP contribution is -2.46. The number of benzene rings is 1. The van der Waals surface area contributed by atoms with Gasteiger partial charge in [0.05, 0.1) is 23.0 Å². The van der Waals surface area contributed by atoms with Gasteiger partial charge in [-0.05, 0) is 31.7 Å². The number of nitrogens with zero attached hydrogens (tertiary/aromatic N) is 3. The van der Waals surface area contributed by atoms with Crippen LogP contribution in [0.5, 0.6) is 0 Å². The number of nitrogens with one attached hydrogen (secondary N) is 3. The van der Waals surface area contributed by atoms with Crippen molar-refractivity contribution >= 4 is 28.1 Å². The maximum absolute atomic E-state index is 14.7. The summed E-state index contributed by atoms with van der Waals surface area (Å²) < 4.78 is 55.5. The second-order valence-corrected chi connectivity index (χ2v) is 9.34. The number of piperidine rings is 1. The molecule has 35 heavy (non-hydrogen) atoms. The zero-order chi connectivity index (χ0) is 25.2. The molecule has 1 aromatic carbocycles. The first-order chi connectivity index (χ1) is 16.6. The van der Waals surface area contributed by atoms with E-state index in [1.807, 2.05) is 30.1 Å². The second kappa shape index (κ2) is 10.6. The minimum Gasteiger partial charge on any atom is -0.379 e. The fourth-order valence-corrected chi connectivity index (χ4v) is 4.57. The van der Waals surface area contributed by atoms with E-state index < -0.39 is 24.0 Å². The maximum Gasteiger partial charge on any atom is 0.417 e. The predicted molar refractivity (Wildman–Crippen MR) is 133 cm³/mol. The van der Waals surface area contributed by atoms with Crippen LogP contribution in [-0.2, 0) is 0 Å². The van der Waals surface area contributed by atoms with E-state index in [-0.39, 0.29) is 11.7 Å². The van der Waals surface area contributed by atoms with Crippen molar-refractivity contribution in [1.82, 2.24) is 25.6 Å². The average Bonchev–Trinajstić information content (AvgIpc) is 3.22. The summed E-state index contributed by atoms with van der Waals surface area (Å²) in [5.41, 5.74) is 2.96. The van der Waals surface area contributed by atoms with Crippen LogP contribution < -0.4 is 16.1 Å². The molecular formula is C25H32F4N6. The molecule has 2 aromatic rings. The molecule has 1 aromatic heterocycles. The summed E-state index contributed by atoms with van der Waals surface area (Å²) in [6, 6.07) is 6.64. The normalized spacial score (nSPS) is 24.5. The number of rotatable bonds is 7. The molecule has 10 heteroatoms. The molecule has 3 heterocycles. The molecule has 2 fully saturated rings. The summed E-state index contributed by atoms with van der Waals surface area (Å²) in [5.74, 6) is 0. The fraction of sp³-hybridized carbons (Fsp3) is 0.480. The number of likely N-dealkylation sites (N-methyl/N-ethyl adjacent to an activating group) is 1. The molecule has 2 aliphatic rings. The van der Waals surface area contributed by atoms with Crippen molar-refractivity contribution in [3.8, 4) is 0 Å². The topological polar surface area (TPSA) is 55.5 Å². The van der Waals surface area contributed by atoms with Gasteiger partial charge in [0.2, 0.25) is 0 Å². The summed E-state index contributed by atoms with van der Waals surface area (Å²) in [7, 11) is 3.84. The summed E-state index contributed by atoms with van der Waals surface area (Å²) in [5, 5.41) is 9.52. The maximum atomic E-state index is 14.7. The molecule has 0 saturated carbocycles. The SMILES string of the molecule is C=C(c1nc(/C=C/CNC2CNN(C)C2)cc2c(N[C@@H]3CCN(C)C[C@@H]3F)cccc12)C(F)(F)F. The first-order valence-corrected chi connectivity index (χ1v) is 11.8. The van der Waals surface area contributed by atoms with Gasteiger partial charge in [-0.2, -0.15) is 13.2 Å². The number of alkyl halides is 4. The van der Waals surface area contributed by atoms with Crippen LogP contribution in [-0.4, -0.2) is 86.1 Å². The Labute approximate surface area is 203 Å². The van der Waals surface area contributed by atoms with Gasteiger partial charge < -0.3 is 15.5 Å². The fourth-order valence-electron chi connectivity index (χ4n) is 4.57. The lowest BCUT2D eigenvalue weighted by molar-refractivity contribution is -0.0688. The van der Waals surface area contributed by atoms with Crippen LogP contribution in [0.15, 0.2) is 36.9 Å². The highest BCUT2D eigenvalue weighted by atomic mass is 19.4. The number of fused-ring (bicyclic) bond motifs is 1. The van der Waals surface area contributed by atoms with E-state index in [4.69, 9.17) is 0 Å². The molecular weight excluding hydrogens is 460 g/mol. The van der Waals surface area contributed by atoms with E-state index in [0.29, 0.717) is 41.7 Å². The van der Waals surface area contributed by atoms with Crippen LogP contribution in [0.25, 0.3) is 22.4 Å². The zero-order valence-corrected chi connectivity index (χ0v) is 20.0. The van der Waals surface area contributed by atoms with Crippen LogP contribution in [0.3, 0.4) is 0 Å². The summed E-state index contributed by atoms with van der Waals surface area (Å²) in [6.07, 6.45) is -1.55. The predicted octanol–water partition coefficient (Wildman–Crippen LogP) is 3.69. The van der Waals surface area contributed by atoms with Gasteiger partial charge in [-0.1, -0.05) is 24.8 Å². The Morgan fingerprint density at radius 2 is 2.06 bits per heavy atom. The molecule has 6 nitrogen and oxygen atoms in total. The van der Waals surface area contributed by atoms with Gasteiger partial charge in [0.1, 0.15) is 6.17 Å². The Morgan fingerprint density at radius 3 is 2.74 bits per heavy atom. The van der Waals surface area contributed by atoms with Gasteiger partial charge in [-0.15, -0.1) is 0 Å². The van der Waals surface area contributed by atoms with Crippen molar-refractivity contribution in [3.63, 3.8) is 0 Å². The highest BCUT2D eigenvalue weighted by Gasteiger charge is 2.35. The van der Waals surface area contributed by atoms with Gasteiger partial charge in [0.15, 0.2) is 0 Å². The zero-order valence-electron chi connectivity index (χ0n) is 20.0. The number of allylic oxidation sites excluding steroid dienone is 1. The Kier molecular flexibility index (Phi) is 7.75. The molecule has 1 unspecified atom stereocenters. The van der Waals surface area contributed by atoms with Crippen molar-refractivity contribution in [2.45, 2.75) is 30.9 Å². The van der Waals surface area contributed by atoms with Crippen molar-refractivity contribution in [1.29, 1.82) is 0 Å². The van der Waals surface area contributed by atoms with Crippen LogP contribution in [0, 0.1) is 0 Å². The molecule has 0 spiro atoms. The monoisotopic (exact) mass is 492 g/mol. The van der Waals surface area contributed by atoms with Crippen molar-refractivity contribution in [2.75, 3.05) is 52.1 Å². The van der Waals surface area contributed by atoms with Crippen molar-refractivity contribution < 1.29 is 17.6 Å². The van der Waals surface area contributed by atoms with Crippen LogP contribution in [0.1, 0.15) is 17.8 Å². The largest absolute Gasteiger partial charge is 0.417 e. The molecule has 2 saturated heterocycles. The minimum absolute atomic E-state index is 0.215. The molecule has 0 aliphatic carbocycles. The number of hydrazine groups is 1. The summed E-state index contributed by atoms with van der Waals surface area (Å²) >= 11 is 0. The number of pyridine rings is 1. The Hall–Kier alpha value is -2.53.